The van der Waals surface area contributed by atoms with Gasteiger partial charge < -0.3 is 14.7 Å². The Balaban J connectivity index is 1.74. The van der Waals surface area contributed by atoms with Crippen LogP contribution >= 0.6 is 11.3 Å². The van der Waals surface area contributed by atoms with Crippen LogP contribution < -0.4 is 4.74 Å². The number of carbonyl (C=O) groups excluding carboxylic acids is 1. The second-order valence-corrected chi connectivity index (χ2v) is 6.22. The van der Waals surface area contributed by atoms with Gasteiger partial charge in [-0.05, 0) is 12.1 Å². The standard InChI is InChI=1S/C16H15FN2O4S/c17-11-3-1-2-4-13(11)23-16(15(21)22)5-7-19(8-6-16)14(20)12-9-24-10-18-12/h1-4,9-10H,5-8H2,(H,21,22). The molecule has 0 spiro atoms. The lowest BCUT2D eigenvalue weighted by Crippen LogP contribution is -2.54. The fourth-order valence-corrected chi connectivity index (χ4v) is 3.17. The van der Waals surface area contributed by atoms with Gasteiger partial charge in [-0.2, -0.15) is 0 Å². The SMILES string of the molecule is O=C(c1cscn1)N1CCC(Oc2ccccc2F)(C(=O)O)CC1. The number of carboxylic acid groups (broad SMARTS) is 1. The third-order valence-electron chi connectivity index (χ3n) is 4.04. The number of thiazole rings is 1. The topological polar surface area (TPSA) is 79.7 Å². The molecule has 0 bridgehead atoms. The van der Waals surface area contributed by atoms with Gasteiger partial charge in [-0.15, -0.1) is 11.3 Å². The zero-order chi connectivity index (χ0) is 17.2. The Bertz CT molecular complexity index is 742. The Labute approximate surface area is 141 Å². The number of likely N-dealkylation sites (tertiary alicyclic amines) is 1. The minimum Gasteiger partial charge on any atom is -0.478 e. The summed E-state index contributed by atoms with van der Waals surface area (Å²) in [4.78, 5) is 29.5. The highest BCUT2D eigenvalue weighted by Gasteiger charge is 2.45. The van der Waals surface area contributed by atoms with Gasteiger partial charge >= 0.3 is 5.97 Å². The maximum Gasteiger partial charge on any atom is 0.348 e. The third-order valence-corrected chi connectivity index (χ3v) is 4.63. The van der Waals surface area contributed by atoms with E-state index in [2.05, 4.69) is 4.98 Å². The van der Waals surface area contributed by atoms with Crippen LogP contribution in [0.5, 0.6) is 5.75 Å². The van der Waals surface area contributed by atoms with Gasteiger partial charge in [0.15, 0.2) is 11.6 Å². The third kappa shape index (κ3) is 3.09. The van der Waals surface area contributed by atoms with E-state index in [9.17, 15) is 19.1 Å². The molecule has 1 aromatic carbocycles. The van der Waals surface area contributed by atoms with E-state index in [1.165, 1.54) is 29.5 Å². The highest BCUT2D eigenvalue weighted by Crippen LogP contribution is 2.31. The van der Waals surface area contributed by atoms with Crippen molar-refractivity contribution in [3.63, 3.8) is 0 Å². The molecule has 0 radical (unpaired) electrons. The van der Waals surface area contributed by atoms with Crippen LogP contribution in [-0.4, -0.2) is 45.6 Å². The fourth-order valence-electron chi connectivity index (χ4n) is 2.65. The van der Waals surface area contributed by atoms with E-state index in [1.807, 2.05) is 0 Å². The molecule has 1 aromatic heterocycles. The summed E-state index contributed by atoms with van der Waals surface area (Å²) in [6, 6.07) is 5.69. The number of amides is 1. The molecule has 126 valence electrons. The maximum absolute atomic E-state index is 13.8. The van der Waals surface area contributed by atoms with E-state index >= 15 is 0 Å². The van der Waals surface area contributed by atoms with E-state index in [4.69, 9.17) is 4.74 Å². The molecule has 0 unspecified atom stereocenters. The highest BCUT2D eigenvalue weighted by molar-refractivity contribution is 7.07. The van der Waals surface area contributed by atoms with Gasteiger partial charge in [-0.3, -0.25) is 4.79 Å². The first-order valence-electron chi connectivity index (χ1n) is 7.36. The molecule has 0 saturated carbocycles. The second-order valence-electron chi connectivity index (χ2n) is 5.50. The lowest BCUT2D eigenvalue weighted by atomic mass is 9.91. The van der Waals surface area contributed by atoms with Gasteiger partial charge in [0.05, 0.1) is 5.51 Å². The number of carbonyl (C=O) groups is 2. The van der Waals surface area contributed by atoms with E-state index < -0.39 is 17.4 Å². The second kappa shape index (κ2) is 6.56. The molecule has 3 rings (SSSR count). The van der Waals surface area contributed by atoms with Crippen LogP contribution in [0.1, 0.15) is 23.3 Å². The minimum atomic E-state index is -1.54. The van der Waals surface area contributed by atoms with Gasteiger partial charge in [0.2, 0.25) is 5.60 Å². The number of aromatic nitrogens is 1. The largest absolute Gasteiger partial charge is 0.478 e. The number of halogens is 1. The number of benzene rings is 1. The molecule has 0 atom stereocenters. The lowest BCUT2D eigenvalue weighted by Gasteiger charge is -2.38. The van der Waals surface area contributed by atoms with Crippen LogP contribution in [-0.2, 0) is 4.79 Å². The molecular weight excluding hydrogens is 335 g/mol. The van der Waals surface area contributed by atoms with Crippen molar-refractivity contribution in [2.45, 2.75) is 18.4 Å². The highest BCUT2D eigenvalue weighted by atomic mass is 32.1. The normalized spacial score (nSPS) is 16.6. The van der Waals surface area contributed by atoms with Crippen molar-refractivity contribution in [1.29, 1.82) is 0 Å². The Morgan fingerprint density at radius 3 is 2.58 bits per heavy atom. The Morgan fingerprint density at radius 2 is 2.00 bits per heavy atom. The molecule has 2 heterocycles. The van der Waals surface area contributed by atoms with Crippen molar-refractivity contribution >= 4 is 23.2 Å². The Hall–Kier alpha value is -2.48. The number of nitrogens with zero attached hydrogens (tertiary/aromatic N) is 2. The van der Waals surface area contributed by atoms with Crippen molar-refractivity contribution in [2.75, 3.05) is 13.1 Å². The maximum atomic E-state index is 13.8. The number of hydrogen-bond acceptors (Lipinski definition) is 5. The summed E-state index contributed by atoms with van der Waals surface area (Å²) in [6.45, 7) is 0.411. The van der Waals surface area contributed by atoms with Crippen LogP contribution in [0.2, 0.25) is 0 Å². The summed E-state index contributed by atoms with van der Waals surface area (Å²) in [6.07, 6.45) is 0.152. The molecule has 2 aromatic rings. The molecule has 0 aliphatic carbocycles. The van der Waals surface area contributed by atoms with Gasteiger partial charge in [-0.1, -0.05) is 12.1 Å². The summed E-state index contributed by atoms with van der Waals surface area (Å²) in [5, 5.41) is 11.2. The zero-order valence-corrected chi connectivity index (χ0v) is 13.5. The van der Waals surface area contributed by atoms with Crippen molar-refractivity contribution in [3.05, 3.63) is 46.7 Å². The lowest BCUT2D eigenvalue weighted by molar-refractivity contribution is -0.159. The molecule has 1 fully saturated rings. The Kier molecular flexibility index (Phi) is 4.48. The molecule has 8 heteroatoms. The number of hydrogen-bond donors (Lipinski definition) is 1. The number of rotatable bonds is 4. The molecule has 6 nitrogen and oxygen atoms in total. The summed E-state index contributed by atoms with van der Waals surface area (Å²) in [5.74, 6) is -2.11. The quantitative estimate of drug-likeness (QED) is 0.916. The fraction of sp³-hybridized carbons (Fsp3) is 0.312. The molecule has 24 heavy (non-hydrogen) atoms. The van der Waals surface area contributed by atoms with Crippen molar-refractivity contribution < 1.29 is 23.8 Å². The first-order valence-corrected chi connectivity index (χ1v) is 8.30. The molecular formula is C16H15FN2O4S. The number of piperidine rings is 1. The van der Waals surface area contributed by atoms with Crippen molar-refractivity contribution in [2.24, 2.45) is 0 Å². The van der Waals surface area contributed by atoms with Crippen LogP contribution in [0, 0.1) is 5.82 Å². The number of ether oxygens (including phenoxy) is 1. The van der Waals surface area contributed by atoms with Gasteiger partial charge in [0, 0.05) is 31.3 Å². The van der Waals surface area contributed by atoms with E-state index in [0.29, 0.717) is 5.69 Å². The monoisotopic (exact) mass is 350 g/mol. The molecule has 1 N–H and O–H groups in total. The van der Waals surface area contributed by atoms with Crippen LogP contribution in [0.3, 0.4) is 0 Å². The van der Waals surface area contributed by atoms with Crippen LogP contribution in [0.4, 0.5) is 4.39 Å². The zero-order valence-electron chi connectivity index (χ0n) is 12.6. The number of carboxylic acids is 1. The molecule has 1 saturated heterocycles. The van der Waals surface area contributed by atoms with E-state index in [1.54, 1.807) is 21.9 Å². The molecule has 1 aliphatic rings. The summed E-state index contributed by atoms with van der Waals surface area (Å²) in [5.41, 5.74) is 0.374. The van der Waals surface area contributed by atoms with Crippen molar-refractivity contribution in [1.82, 2.24) is 9.88 Å². The van der Waals surface area contributed by atoms with Gasteiger partial charge in [0.1, 0.15) is 5.69 Å². The summed E-state index contributed by atoms with van der Waals surface area (Å²) in [7, 11) is 0. The van der Waals surface area contributed by atoms with Gasteiger partial charge in [0.25, 0.3) is 5.91 Å². The first-order chi connectivity index (χ1) is 11.5. The van der Waals surface area contributed by atoms with Crippen LogP contribution in [0.25, 0.3) is 0 Å². The predicted molar refractivity (Wildman–Crippen MR) is 84.6 cm³/mol. The van der Waals surface area contributed by atoms with Crippen LogP contribution in [0.15, 0.2) is 35.2 Å². The smallest absolute Gasteiger partial charge is 0.348 e. The number of para-hydroxylation sites is 1. The minimum absolute atomic E-state index is 0.0759. The van der Waals surface area contributed by atoms with E-state index in [0.717, 1.165) is 0 Å². The van der Waals surface area contributed by atoms with E-state index in [-0.39, 0.29) is 37.6 Å². The average Bonchev–Trinajstić information content (AvgIpc) is 3.11. The Morgan fingerprint density at radius 1 is 1.29 bits per heavy atom. The predicted octanol–water partition coefficient (Wildman–Crippen LogP) is 2.42. The first kappa shape index (κ1) is 16.4. The summed E-state index contributed by atoms with van der Waals surface area (Å²) >= 11 is 1.32. The number of aliphatic carboxylic acids is 1. The molecule has 1 amide bonds. The van der Waals surface area contributed by atoms with Crippen molar-refractivity contribution in [3.8, 4) is 5.75 Å². The van der Waals surface area contributed by atoms with Gasteiger partial charge in [-0.25, -0.2) is 14.2 Å². The average molecular weight is 350 g/mol. The summed E-state index contributed by atoms with van der Waals surface area (Å²) < 4.78 is 19.3. The molecule has 1 aliphatic heterocycles.